The number of carbonyl (C=O) groups excluding carboxylic acids is 1. The van der Waals surface area contributed by atoms with Crippen LogP contribution in [0.2, 0.25) is 0 Å². The fraction of sp³-hybridized carbons (Fsp3) is 0.400. The summed E-state index contributed by atoms with van der Waals surface area (Å²) in [6.07, 6.45) is 3.38. The van der Waals surface area contributed by atoms with Gasteiger partial charge < -0.3 is 10.6 Å². The molecule has 0 saturated carbocycles. The van der Waals surface area contributed by atoms with Gasteiger partial charge in [0.25, 0.3) is 5.91 Å². The number of amides is 1. The number of hydrogen-bond donors (Lipinski definition) is 2. The molecule has 0 aliphatic carbocycles. The van der Waals surface area contributed by atoms with Crippen molar-refractivity contribution >= 4 is 27.3 Å². The monoisotopic (exact) mass is 292 g/mol. The van der Waals surface area contributed by atoms with Crippen LogP contribution < -0.4 is 10.6 Å². The molecule has 106 valence electrons. The average molecular weight is 292 g/mol. The Bertz CT molecular complexity index is 619. The smallest absolute Gasteiger partial charge is 0.261 e. The predicted molar refractivity (Wildman–Crippen MR) is 79.8 cm³/mol. The molecule has 2 heterocycles. The lowest BCUT2D eigenvalue weighted by Crippen LogP contribution is -2.30. The molecule has 1 aliphatic heterocycles. The van der Waals surface area contributed by atoms with Crippen molar-refractivity contribution in [2.24, 2.45) is 0 Å². The van der Waals surface area contributed by atoms with E-state index in [1.54, 1.807) is 6.07 Å². The number of hydrogen-bond acceptors (Lipinski definition) is 3. The maximum atomic E-state index is 13.1. The van der Waals surface area contributed by atoms with Crippen molar-refractivity contribution in [1.29, 1.82) is 0 Å². The van der Waals surface area contributed by atoms with E-state index < -0.39 is 0 Å². The van der Waals surface area contributed by atoms with Crippen LogP contribution in [0.5, 0.6) is 0 Å². The van der Waals surface area contributed by atoms with E-state index in [2.05, 4.69) is 10.6 Å². The molecule has 1 aromatic heterocycles. The Hall–Kier alpha value is -1.46. The lowest BCUT2D eigenvalue weighted by atomic mass is 10.1. The molecule has 5 heteroatoms. The zero-order chi connectivity index (χ0) is 13.9. The number of benzene rings is 1. The van der Waals surface area contributed by atoms with Crippen LogP contribution in [0.4, 0.5) is 4.39 Å². The average Bonchev–Trinajstić information content (AvgIpc) is 3.06. The Morgan fingerprint density at radius 3 is 3.15 bits per heavy atom. The first-order valence-electron chi connectivity index (χ1n) is 6.93. The first-order chi connectivity index (χ1) is 9.72. The van der Waals surface area contributed by atoms with E-state index in [9.17, 15) is 9.18 Å². The first kappa shape index (κ1) is 13.5. The largest absolute Gasteiger partial charge is 0.351 e. The van der Waals surface area contributed by atoms with E-state index in [4.69, 9.17) is 0 Å². The molecule has 2 N–H and O–H groups in total. The van der Waals surface area contributed by atoms with Crippen LogP contribution in [0.1, 0.15) is 28.9 Å². The summed E-state index contributed by atoms with van der Waals surface area (Å²) in [5.74, 6) is -0.330. The van der Waals surface area contributed by atoms with Gasteiger partial charge >= 0.3 is 0 Å². The van der Waals surface area contributed by atoms with Crippen molar-refractivity contribution in [3.63, 3.8) is 0 Å². The predicted octanol–water partition coefficient (Wildman–Crippen LogP) is 2.91. The minimum Gasteiger partial charge on any atom is -0.351 e. The number of nitrogens with one attached hydrogen (secondary N) is 2. The Balaban J connectivity index is 1.60. The zero-order valence-corrected chi connectivity index (χ0v) is 11.9. The van der Waals surface area contributed by atoms with Crippen LogP contribution >= 0.6 is 11.3 Å². The van der Waals surface area contributed by atoms with E-state index in [0.29, 0.717) is 17.5 Å². The summed E-state index contributed by atoms with van der Waals surface area (Å²) in [4.78, 5) is 12.7. The highest BCUT2D eigenvalue weighted by atomic mass is 32.1. The molecule has 3 rings (SSSR count). The van der Waals surface area contributed by atoms with Crippen LogP contribution in [0.15, 0.2) is 24.3 Å². The lowest BCUT2D eigenvalue weighted by molar-refractivity contribution is 0.0956. The standard InChI is InChI=1S/C15H17FN2OS/c16-11-4-3-10-8-14(20-13(10)9-11)15(19)18-7-5-12-2-1-6-17-12/h3-4,8-9,12,17H,1-2,5-7H2,(H,18,19)/t12-/m0/s1. The number of rotatable bonds is 4. The van der Waals surface area contributed by atoms with Gasteiger partial charge in [-0.3, -0.25) is 4.79 Å². The summed E-state index contributed by atoms with van der Waals surface area (Å²) in [5, 5.41) is 7.26. The summed E-state index contributed by atoms with van der Waals surface area (Å²) in [5.41, 5.74) is 0. The summed E-state index contributed by atoms with van der Waals surface area (Å²) < 4.78 is 13.9. The summed E-state index contributed by atoms with van der Waals surface area (Å²) in [6, 6.07) is 6.96. The molecular weight excluding hydrogens is 275 g/mol. The molecule has 1 amide bonds. The first-order valence-corrected chi connectivity index (χ1v) is 7.75. The molecule has 0 spiro atoms. The molecule has 1 saturated heterocycles. The fourth-order valence-corrected chi connectivity index (χ4v) is 3.57. The van der Waals surface area contributed by atoms with Crippen molar-refractivity contribution < 1.29 is 9.18 Å². The highest BCUT2D eigenvalue weighted by Gasteiger charge is 2.15. The van der Waals surface area contributed by atoms with Crippen LogP contribution in [0.25, 0.3) is 10.1 Å². The van der Waals surface area contributed by atoms with Crippen molar-refractivity contribution in [2.75, 3.05) is 13.1 Å². The highest BCUT2D eigenvalue weighted by molar-refractivity contribution is 7.20. The Kier molecular flexibility index (Phi) is 3.98. The van der Waals surface area contributed by atoms with Crippen LogP contribution in [-0.2, 0) is 0 Å². The second-order valence-electron chi connectivity index (χ2n) is 5.13. The maximum Gasteiger partial charge on any atom is 0.261 e. The highest BCUT2D eigenvalue weighted by Crippen LogP contribution is 2.26. The van der Waals surface area contributed by atoms with Gasteiger partial charge in [-0.2, -0.15) is 0 Å². The van der Waals surface area contributed by atoms with Gasteiger partial charge in [0.2, 0.25) is 0 Å². The molecule has 1 aromatic carbocycles. The van der Waals surface area contributed by atoms with Gasteiger partial charge in [-0.25, -0.2) is 4.39 Å². The number of fused-ring (bicyclic) bond motifs is 1. The Morgan fingerprint density at radius 2 is 2.35 bits per heavy atom. The molecule has 1 atom stereocenters. The van der Waals surface area contributed by atoms with Crippen molar-refractivity contribution in [3.05, 3.63) is 35.0 Å². The molecule has 3 nitrogen and oxygen atoms in total. The molecule has 0 bridgehead atoms. The molecule has 2 aromatic rings. The molecule has 20 heavy (non-hydrogen) atoms. The number of carbonyl (C=O) groups is 1. The van der Waals surface area contributed by atoms with Crippen LogP contribution in [-0.4, -0.2) is 25.0 Å². The van der Waals surface area contributed by atoms with Gasteiger partial charge in [-0.05, 0) is 49.4 Å². The third-order valence-electron chi connectivity index (χ3n) is 3.65. The van der Waals surface area contributed by atoms with Gasteiger partial charge in [0.15, 0.2) is 0 Å². The molecule has 0 radical (unpaired) electrons. The molecular formula is C15H17FN2OS. The van der Waals surface area contributed by atoms with Crippen LogP contribution in [0.3, 0.4) is 0 Å². The van der Waals surface area contributed by atoms with E-state index in [1.807, 2.05) is 6.07 Å². The van der Waals surface area contributed by atoms with Gasteiger partial charge in [-0.15, -0.1) is 11.3 Å². The van der Waals surface area contributed by atoms with E-state index in [-0.39, 0.29) is 11.7 Å². The van der Waals surface area contributed by atoms with E-state index in [0.717, 1.165) is 23.1 Å². The Labute approximate surface area is 121 Å². The van der Waals surface area contributed by atoms with Gasteiger partial charge in [0, 0.05) is 17.3 Å². The summed E-state index contributed by atoms with van der Waals surface area (Å²) in [7, 11) is 0. The lowest BCUT2D eigenvalue weighted by Gasteiger charge is -2.09. The van der Waals surface area contributed by atoms with Crippen molar-refractivity contribution in [3.8, 4) is 0 Å². The normalized spacial score (nSPS) is 18.6. The maximum absolute atomic E-state index is 13.1. The fourth-order valence-electron chi connectivity index (χ4n) is 2.57. The number of thiophene rings is 1. The van der Waals surface area contributed by atoms with E-state index >= 15 is 0 Å². The van der Waals surface area contributed by atoms with E-state index in [1.165, 1.54) is 36.3 Å². The second-order valence-corrected chi connectivity index (χ2v) is 6.21. The van der Waals surface area contributed by atoms with Gasteiger partial charge in [0.05, 0.1) is 4.88 Å². The van der Waals surface area contributed by atoms with Crippen molar-refractivity contribution in [1.82, 2.24) is 10.6 Å². The quantitative estimate of drug-likeness (QED) is 0.909. The topological polar surface area (TPSA) is 41.1 Å². The van der Waals surface area contributed by atoms with Crippen LogP contribution in [0, 0.1) is 5.82 Å². The SMILES string of the molecule is O=C(NCC[C@@H]1CCCN1)c1cc2ccc(F)cc2s1. The molecule has 0 unspecified atom stereocenters. The third kappa shape index (κ3) is 2.99. The molecule has 1 fully saturated rings. The summed E-state index contributed by atoms with van der Waals surface area (Å²) >= 11 is 1.33. The Morgan fingerprint density at radius 1 is 1.45 bits per heavy atom. The van der Waals surface area contributed by atoms with Crippen molar-refractivity contribution in [2.45, 2.75) is 25.3 Å². The third-order valence-corrected chi connectivity index (χ3v) is 4.74. The van der Waals surface area contributed by atoms with Gasteiger partial charge in [-0.1, -0.05) is 6.07 Å². The minimum absolute atomic E-state index is 0.0652. The summed E-state index contributed by atoms with van der Waals surface area (Å²) in [6.45, 7) is 1.76. The second kappa shape index (κ2) is 5.89. The molecule has 1 aliphatic rings. The van der Waals surface area contributed by atoms with Gasteiger partial charge in [0.1, 0.15) is 5.82 Å². The minimum atomic E-state index is -0.265. The zero-order valence-electron chi connectivity index (χ0n) is 11.1. The number of halogens is 1.